The van der Waals surface area contributed by atoms with E-state index in [1.165, 1.54) is 36.4 Å². The minimum atomic E-state index is -0.587. The molecule has 0 aliphatic carbocycles. The maximum absolute atomic E-state index is 13.0. The fraction of sp³-hybridized carbons (Fsp3) is 0.0667. The second-order valence-corrected chi connectivity index (χ2v) is 4.64. The lowest BCUT2D eigenvalue weighted by molar-refractivity contribution is 0.0920. The van der Waals surface area contributed by atoms with Gasteiger partial charge in [0, 0.05) is 11.1 Å². The van der Waals surface area contributed by atoms with Gasteiger partial charge in [0.2, 0.25) is 5.91 Å². The molecule has 0 aliphatic heterocycles. The average molecular weight is 308 g/mol. The molecule has 1 amide bonds. The van der Waals surface area contributed by atoms with Crippen molar-refractivity contribution in [3.05, 3.63) is 64.4 Å². The molecular formula is C15H11ClFNO3. The van der Waals surface area contributed by atoms with Gasteiger partial charge in [0.15, 0.2) is 12.4 Å². The van der Waals surface area contributed by atoms with Gasteiger partial charge in [-0.2, -0.15) is 0 Å². The molecule has 0 saturated heterocycles. The zero-order valence-electron chi connectivity index (χ0n) is 10.8. The zero-order valence-corrected chi connectivity index (χ0v) is 11.6. The molecule has 0 atom stereocenters. The van der Waals surface area contributed by atoms with Gasteiger partial charge >= 0.3 is 0 Å². The van der Waals surface area contributed by atoms with Crippen LogP contribution in [0.1, 0.15) is 20.7 Å². The lowest BCUT2D eigenvalue weighted by atomic mass is 10.1. The lowest BCUT2D eigenvalue weighted by Gasteiger charge is -2.06. The Morgan fingerprint density at radius 2 is 1.71 bits per heavy atom. The molecule has 0 aliphatic rings. The Labute approximate surface area is 125 Å². The molecule has 21 heavy (non-hydrogen) atoms. The van der Waals surface area contributed by atoms with E-state index in [4.69, 9.17) is 22.1 Å². The molecule has 0 unspecified atom stereocenters. The smallest absolute Gasteiger partial charge is 0.248 e. The van der Waals surface area contributed by atoms with Gasteiger partial charge in [-0.25, -0.2) is 4.39 Å². The molecule has 2 rings (SSSR count). The number of ether oxygens (including phenoxy) is 1. The highest BCUT2D eigenvalue weighted by molar-refractivity contribution is 6.31. The summed E-state index contributed by atoms with van der Waals surface area (Å²) >= 11 is 5.61. The van der Waals surface area contributed by atoms with Crippen LogP contribution in [0.15, 0.2) is 42.5 Å². The third-order valence-corrected chi connectivity index (χ3v) is 3.04. The van der Waals surface area contributed by atoms with Crippen molar-refractivity contribution in [1.29, 1.82) is 0 Å². The van der Waals surface area contributed by atoms with Crippen LogP contribution in [-0.4, -0.2) is 18.3 Å². The predicted octanol–water partition coefficient (Wildman–Crippen LogP) is 2.84. The number of nitrogens with two attached hydrogens (primary N) is 1. The van der Waals surface area contributed by atoms with E-state index in [2.05, 4.69) is 0 Å². The quantitative estimate of drug-likeness (QED) is 0.864. The molecule has 0 aromatic heterocycles. The number of ketones is 1. The normalized spacial score (nSPS) is 10.2. The number of carbonyl (C=O) groups excluding carboxylic acids is 2. The Bertz CT molecular complexity index is 686. The van der Waals surface area contributed by atoms with Gasteiger partial charge in [-0.1, -0.05) is 11.6 Å². The third kappa shape index (κ3) is 3.79. The molecule has 0 heterocycles. The summed E-state index contributed by atoms with van der Waals surface area (Å²) in [5.74, 6) is -1.05. The molecule has 2 N–H and O–H groups in total. The Morgan fingerprint density at radius 1 is 1.10 bits per heavy atom. The van der Waals surface area contributed by atoms with Crippen LogP contribution >= 0.6 is 11.6 Å². The number of amides is 1. The van der Waals surface area contributed by atoms with Crippen molar-refractivity contribution in [3.8, 4) is 5.75 Å². The second kappa shape index (κ2) is 6.37. The van der Waals surface area contributed by atoms with Crippen LogP contribution < -0.4 is 10.5 Å². The lowest BCUT2D eigenvalue weighted by Crippen LogP contribution is -2.12. The largest absolute Gasteiger partial charge is 0.485 e. The predicted molar refractivity (Wildman–Crippen MR) is 76.2 cm³/mol. The molecule has 108 valence electrons. The average Bonchev–Trinajstić information content (AvgIpc) is 2.48. The van der Waals surface area contributed by atoms with Crippen molar-refractivity contribution in [3.63, 3.8) is 0 Å². The minimum Gasteiger partial charge on any atom is -0.485 e. The maximum atomic E-state index is 13.0. The van der Waals surface area contributed by atoms with E-state index in [1.54, 1.807) is 0 Å². The van der Waals surface area contributed by atoms with Gasteiger partial charge in [-0.15, -0.1) is 0 Å². The Hall–Kier alpha value is -2.40. The van der Waals surface area contributed by atoms with Crippen molar-refractivity contribution >= 4 is 23.3 Å². The van der Waals surface area contributed by atoms with Crippen molar-refractivity contribution in [2.45, 2.75) is 0 Å². The summed E-state index contributed by atoms with van der Waals surface area (Å²) < 4.78 is 18.3. The van der Waals surface area contributed by atoms with E-state index in [1.807, 2.05) is 0 Å². The summed E-state index contributed by atoms with van der Waals surface area (Å²) in [6.45, 7) is -0.224. The molecule has 2 aromatic carbocycles. The van der Waals surface area contributed by atoms with Crippen molar-refractivity contribution in [2.75, 3.05) is 6.61 Å². The van der Waals surface area contributed by atoms with E-state index >= 15 is 0 Å². The monoisotopic (exact) mass is 307 g/mol. The van der Waals surface area contributed by atoms with E-state index < -0.39 is 11.7 Å². The highest BCUT2D eigenvalue weighted by Gasteiger charge is 2.10. The molecule has 2 aromatic rings. The maximum Gasteiger partial charge on any atom is 0.248 e. The number of carbonyl (C=O) groups is 2. The van der Waals surface area contributed by atoms with Gasteiger partial charge in [0.25, 0.3) is 0 Å². The van der Waals surface area contributed by atoms with Crippen LogP contribution in [-0.2, 0) is 0 Å². The summed E-state index contributed by atoms with van der Waals surface area (Å²) in [7, 11) is 0. The van der Waals surface area contributed by atoms with Crippen LogP contribution in [0.2, 0.25) is 5.02 Å². The second-order valence-electron chi connectivity index (χ2n) is 4.23. The zero-order chi connectivity index (χ0) is 15.4. The number of hydrogen-bond donors (Lipinski definition) is 1. The highest BCUT2D eigenvalue weighted by atomic mass is 35.5. The SMILES string of the molecule is NC(=O)c1ccc(OCC(=O)c2ccc(F)c(Cl)c2)cc1. The van der Waals surface area contributed by atoms with E-state index in [0.29, 0.717) is 11.3 Å². The van der Waals surface area contributed by atoms with E-state index in [-0.39, 0.29) is 23.0 Å². The molecule has 4 nitrogen and oxygen atoms in total. The van der Waals surface area contributed by atoms with Crippen molar-refractivity contribution in [2.24, 2.45) is 5.73 Å². The first-order valence-electron chi connectivity index (χ1n) is 5.98. The molecular weight excluding hydrogens is 297 g/mol. The van der Waals surface area contributed by atoms with E-state index in [9.17, 15) is 14.0 Å². The number of benzene rings is 2. The van der Waals surface area contributed by atoms with Crippen LogP contribution in [0.3, 0.4) is 0 Å². The van der Waals surface area contributed by atoms with Crippen LogP contribution in [0, 0.1) is 5.82 Å². The summed E-state index contributed by atoms with van der Waals surface area (Å²) in [6.07, 6.45) is 0. The van der Waals surface area contributed by atoms with Gasteiger partial charge in [-0.05, 0) is 42.5 Å². The number of primary amides is 1. The number of hydrogen-bond acceptors (Lipinski definition) is 3. The molecule has 0 radical (unpaired) electrons. The van der Waals surface area contributed by atoms with Gasteiger partial charge in [0.05, 0.1) is 5.02 Å². The van der Waals surface area contributed by atoms with Gasteiger partial charge in [-0.3, -0.25) is 9.59 Å². The van der Waals surface area contributed by atoms with Crippen LogP contribution in [0.5, 0.6) is 5.75 Å². The molecule has 0 spiro atoms. The first-order chi connectivity index (χ1) is 9.97. The summed E-state index contributed by atoms with van der Waals surface area (Å²) in [4.78, 5) is 22.8. The van der Waals surface area contributed by atoms with Crippen molar-refractivity contribution in [1.82, 2.24) is 0 Å². The summed E-state index contributed by atoms with van der Waals surface area (Å²) in [5, 5.41) is -0.119. The summed E-state index contributed by atoms with van der Waals surface area (Å²) in [6, 6.07) is 9.77. The number of rotatable bonds is 5. The fourth-order valence-corrected chi connectivity index (χ4v) is 1.80. The van der Waals surface area contributed by atoms with Crippen LogP contribution in [0.25, 0.3) is 0 Å². The first kappa shape index (κ1) is 15.0. The van der Waals surface area contributed by atoms with Gasteiger partial charge in [0.1, 0.15) is 11.6 Å². The van der Waals surface area contributed by atoms with Crippen molar-refractivity contribution < 1.29 is 18.7 Å². The Kier molecular flexibility index (Phi) is 4.55. The molecule has 0 bridgehead atoms. The standard InChI is InChI=1S/C15H11ClFNO3/c16-12-7-10(3-6-13(12)17)14(19)8-21-11-4-1-9(2-5-11)15(18)20/h1-7H,8H2,(H2,18,20). The minimum absolute atomic E-state index is 0.119. The molecule has 0 saturated carbocycles. The molecule has 6 heteroatoms. The number of Topliss-reactive ketones (excluding diaryl/α,β-unsaturated/α-hetero) is 1. The van der Waals surface area contributed by atoms with Crippen LogP contribution in [0.4, 0.5) is 4.39 Å². The Balaban J connectivity index is 2.00. The van der Waals surface area contributed by atoms with Gasteiger partial charge < -0.3 is 10.5 Å². The highest BCUT2D eigenvalue weighted by Crippen LogP contribution is 2.17. The Morgan fingerprint density at radius 3 is 2.29 bits per heavy atom. The topological polar surface area (TPSA) is 69.4 Å². The summed E-state index contributed by atoms with van der Waals surface area (Å²) in [5.41, 5.74) is 5.72. The number of halogens is 2. The fourth-order valence-electron chi connectivity index (χ4n) is 1.62. The first-order valence-corrected chi connectivity index (χ1v) is 6.36. The third-order valence-electron chi connectivity index (χ3n) is 2.75. The van der Waals surface area contributed by atoms with E-state index in [0.717, 1.165) is 6.07 Å². The molecule has 0 fully saturated rings.